The molecule has 0 radical (unpaired) electrons. The van der Waals surface area contributed by atoms with Gasteiger partial charge >= 0.3 is 5.97 Å². The third-order valence-corrected chi connectivity index (χ3v) is 4.63. The van der Waals surface area contributed by atoms with Crippen molar-refractivity contribution in [1.29, 1.82) is 5.26 Å². The van der Waals surface area contributed by atoms with Crippen LogP contribution in [0.4, 0.5) is 5.69 Å². The number of nitrogens with zero attached hydrogens (tertiary/aromatic N) is 2. The number of nitrogens with one attached hydrogen (secondary N) is 1. The van der Waals surface area contributed by atoms with Crippen LogP contribution < -0.4 is 14.8 Å². The summed E-state index contributed by atoms with van der Waals surface area (Å²) in [6.07, 6.45) is 3.71. The fourth-order valence-corrected chi connectivity index (χ4v) is 3.22. The molecule has 156 valence electrons. The minimum Gasteiger partial charge on any atom is -0.493 e. The van der Waals surface area contributed by atoms with Crippen molar-refractivity contribution in [1.82, 2.24) is 5.32 Å². The number of esters is 1. The number of ether oxygens (including phenoxy) is 3. The van der Waals surface area contributed by atoms with Gasteiger partial charge in [0.15, 0.2) is 18.1 Å². The Hall–Kier alpha value is -3.35. The summed E-state index contributed by atoms with van der Waals surface area (Å²) < 4.78 is 15.3. The first-order chi connectivity index (χ1) is 13.9. The van der Waals surface area contributed by atoms with E-state index in [9.17, 15) is 25.0 Å². The summed E-state index contributed by atoms with van der Waals surface area (Å²) in [5.74, 6) is -1.45. The molecule has 0 atom stereocenters. The lowest BCUT2D eigenvalue weighted by Crippen LogP contribution is -2.50. The van der Waals surface area contributed by atoms with Crippen LogP contribution in [0.5, 0.6) is 11.5 Å². The van der Waals surface area contributed by atoms with Crippen LogP contribution in [-0.4, -0.2) is 42.7 Å². The smallest absolute Gasteiger partial charge is 0.345 e. The average molecular weight is 405 g/mol. The lowest BCUT2D eigenvalue weighted by atomic mass is 9.83. The normalized spacial score (nSPS) is 14.9. The lowest BCUT2D eigenvalue weighted by Gasteiger charge is -2.31. The third kappa shape index (κ3) is 5.34. The van der Waals surface area contributed by atoms with E-state index >= 15 is 0 Å². The number of nitro groups is 1. The summed E-state index contributed by atoms with van der Waals surface area (Å²) in [6.45, 7) is 1.29. The fourth-order valence-electron chi connectivity index (χ4n) is 3.22. The van der Waals surface area contributed by atoms with E-state index in [4.69, 9.17) is 14.2 Å². The number of nitriles is 1. The number of hydrogen-bond donors (Lipinski definition) is 1. The highest BCUT2D eigenvalue weighted by atomic mass is 16.6. The van der Waals surface area contributed by atoms with Crippen molar-refractivity contribution in [3.8, 4) is 17.6 Å². The number of carbonyl (C=O) groups is 2. The van der Waals surface area contributed by atoms with Gasteiger partial charge in [0.25, 0.3) is 11.6 Å². The SMILES string of the molecule is CCOc1cc([N+](=O)[O-])c(C(=O)OCC(=O)NC2(C#N)CCCCC2)cc1OC. The van der Waals surface area contributed by atoms with Crippen molar-refractivity contribution in [2.45, 2.75) is 44.6 Å². The lowest BCUT2D eigenvalue weighted by molar-refractivity contribution is -0.385. The van der Waals surface area contributed by atoms with Crippen LogP contribution in [0.15, 0.2) is 12.1 Å². The molecular formula is C19H23N3O7. The summed E-state index contributed by atoms with van der Waals surface area (Å²) >= 11 is 0. The molecule has 10 heteroatoms. The standard InChI is InChI=1S/C19H23N3O7/c1-3-28-16-10-14(22(25)26)13(9-15(16)27-2)18(24)29-11-17(23)21-19(12-20)7-5-4-6-8-19/h9-10H,3-8,11H2,1-2H3,(H,21,23). The zero-order valence-corrected chi connectivity index (χ0v) is 16.4. The van der Waals surface area contributed by atoms with E-state index in [0.717, 1.165) is 31.4 Å². The predicted molar refractivity (Wildman–Crippen MR) is 101 cm³/mol. The quantitative estimate of drug-likeness (QED) is 0.395. The van der Waals surface area contributed by atoms with E-state index in [1.54, 1.807) is 6.92 Å². The minimum absolute atomic E-state index is 0.115. The number of hydrogen-bond acceptors (Lipinski definition) is 8. The van der Waals surface area contributed by atoms with Crippen LogP contribution in [0, 0.1) is 21.4 Å². The van der Waals surface area contributed by atoms with Crippen LogP contribution in [0.2, 0.25) is 0 Å². The second kappa shape index (κ2) is 9.73. The first kappa shape index (κ1) is 21.9. The molecule has 10 nitrogen and oxygen atoms in total. The Balaban J connectivity index is 2.12. The Morgan fingerprint density at radius 2 is 1.97 bits per heavy atom. The van der Waals surface area contributed by atoms with Crippen LogP contribution in [0.25, 0.3) is 0 Å². The molecular weight excluding hydrogens is 382 g/mol. The Labute approximate surface area is 167 Å². The van der Waals surface area contributed by atoms with E-state index in [2.05, 4.69) is 11.4 Å². The molecule has 2 rings (SSSR count). The number of methoxy groups -OCH3 is 1. The van der Waals surface area contributed by atoms with Crippen LogP contribution >= 0.6 is 0 Å². The van der Waals surface area contributed by atoms with Gasteiger partial charge in [-0.1, -0.05) is 19.3 Å². The molecule has 1 saturated carbocycles. The van der Waals surface area contributed by atoms with Gasteiger partial charge in [-0.05, 0) is 19.8 Å². The number of rotatable bonds is 8. The molecule has 1 aliphatic rings. The maximum atomic E-state index is 12.4. The van der Waals surface area contributed by atoms with Crippen molar-refractivity contribution in [2.75, 3.05) is 20.3 Å². The van der Waals surface area contributed by atoms with Crippen molar-refractivity contribution < 1.29 is 28.7 Å². The molecule has 0 aliphatic heterocycles. The molecule has 0 bridgehead atoms. The number of nitro benzene ring substituents is 1. The minimum atomic E-state index is -1.05. The Morgan fingerprint density at radius 1 is 1.28 bits per heavy atom. The zero-order chi connectivity index (χ0) is 21.4. The summed E-state index contributed by atoms with van der Waals surface area (Å²) in [6, 6.07) is 4.35. The molecule has 1 fully saturated rings. The zero-order valence-electron chi connectivity index (χ0n) is 16.4. The van der Waals surface area contributed by atoms with E-state index in [-0.39, 0.29) is 23.7 Å². The molecule has 1 aromatic carbocycles. The van der Waals surface area contributed by atoms with Gasteiger partial charge in [0.2, 0.25) is 0 Å². The van der Waals surface area contributed by atoms with Gasteiger partial charge in [0.1, 0.15) is 11.1 Å². The molecule has 0 saturated heterocycles. The number of carbonyl (C=O) groups excluding carboxylic acids is 2. The van der Waals surface area contributed by atoms with E-state index < -0.39 is 34.6 Å². The second-order valence-corrected chi connectivity index (χ2v) is 6.59. The molecule has 1 aromatic rings. The summed E-state index contributed by atoms with van der Waals surface area (Å²) in [7, 11) is 1.33. The molecule has 1 N–H and O–H groups in total. The van der Waals surface area contributed by atoms with Crippen molar-refractivity contribution >= 4 is 17.6 Å². The Morgan fingerprint density at radius 3 is 2.52 bits per heavy atom. The Bertz CT molecular complexity index is 826. The average Bonchev–Trinajstić information content (AvgIpc) is 2.72. The van der Waals surface area contributed by atoms with Crippen LogP contribution in [0.3, 0.4) is 0 Å². The second-order valence-electron chi connectivity index (χ2n) is 6.59. The van der Waals surface area contributed by atoms with Gasteiger partial charge in [-0.3, -0.25) is 14.9 Å². The van der Waals surface area contributed by atoms with Crippen LogP contribution in [-0.2, 0) is 9.53 Å². The number of benzene rings is 1. The number of amides is 1. The molecule has 0 heterocycles. The molecule has 0 spiro atoms. The van der Waals surface area contributed by atoms with Crippen molar-refractivity contribution in [3.05, 3.63) is 27.8 Å². The predicted octanol–water partition coefficient (Wildman–Crippen LogP) is 2.50. The first-order valence-electron chi connectivity index (χ1n) is 9.24. The topological polar surface area (TPSA) is 141 Å². The summed E-state index contributed by atoms with van der Waals surface area (Å²) in [4.78, 5) is 35.2. The summed E-state index contributed by atoms with van der Waals surface area (Å²) in [5.41, 5.74) is -1.85. The monoisotopic (exact) mass is 405 g/mol. The van der Waals surface area contributed by atoms with Gasteiger partial charge < -0.3 is 19.5 Å². The van der Waals surface area contributed by atoms with E-state index in [1.165, 1.54) is 7.11 Å². The maximum absolute atomic E-state index is 12.4. The highest BCUT2D eigenvalue weighted by Gasteiger charge is 2.34. The molecule has 0 aromatic heterocycles. The first-order valence-corrected chi connectivity index (χ1v) is 9.24. The maximum Gasteiger partial charge on any atom is 0.345 e. The van der Waals surface area contributed by atoms with E-state index in [1.807, 2.05) is 0 Å². The van der Waals surface area contributed by atoms with Gasteiger partial charge in [-0.25, -0.2) is 4.79 Å². The van der Waals surface area contributed by atoms with Gasteiger partial charge in [0, 0.05) is 6.07 Å². The third-order valence-electron chi connectivity index (χ3n) is 4.63. The highest BCUT2D eigenvalue weighted by Crippen LogP contribution is 2.35. The van der Waals surface area contributed by atoms with Crippen LogP contribution in [0.1, 0.15) is 49.4 Å². The van der Waals surface area contributed by atoms with Crippen molar-refractivity contribution in [3.63, 3.8) is 0 Å². The molecule has 1 aliphatic carbocycles. The van der Waals surface area contributed by atoms with Gasteiger partial charge in [-0.2, -0.15) is 5.26 Å². The van der Waals surface area contributed by atoms with E-state index in [0.29, 0.717) is 12.8 Å². The molecule has 0 unspecified atom stereocenters. The summed E-state index contributed by atoms with van der Waals surface area (Å²) in [5, 5.41) is 23.4. The fraction of sp³-hybridized carbons (Fsp3) is 0.526. The van der Waals surface area contributed by atoms with Gasteiger partial charge in [0.05, 0.1) is 30.8 Å². The molecule has 29 heavy (non-hydrogen) atoms. The molecule has 1 amide bonds. The highest BCUT2D eigenvalue weighted by molar-refractivity contribution is 5.96. The largest absolute Gasteiger partial charge is 0.493 e. The van der Waals surface area contributed by atoms with Gasteiger partial charge in [-0.15, -0.1) is 0 Å². The Kier molecular flexibility index (Phi) is 7.36. The van der Waals surface area contributed by atoms with Crippen molar-refractivity contribution in [2.24, 2.45) is 0 Å².